The van der Waals surface area contributed by atoms with Crippen LogP contribution < -0.4 is 0 Å². The van der Waals surface area contributed by atoms with Gasteiger partial charge in [-0.2, -0.15) is 10.4 Å². The zero-order valence-electron chi connectivity index (χ0n) is 11.5. The predicted octanol–water partition coefficient (Wildman–Crippen LogP) is 2.95. The van der Waals surface area contributed by atoms with Gasteiger partial charge in [-0.05, 0) is 30.2 Å². The lowest BCUT2D eigenvalue weighted by molar-refractivity contribution is 0.486. The number of rotatable bonds is 3. The van der Waals surface area contributed by atoms with Gasteiger partial charge in [-0.1, -0.05) is 13.8 Å². The van der Waals surface area contributed by atoms with Crippen LogP contribution in [0.3, 0.4) is 0 Å². The molecule has 0 saturated carbocycles. The number of nitrogens with one attached hydrogen (secondary N) is 1. The minimum absolute atomic E-state index is 0.517. The molecule has 0 atom stereocenters. The van der Waals surface area contributed by atoms with Crippen molar-refractivity contribution in [2.45, 2.75) is 20.4 Å². The monoisotopic (exact) mass is 265 g/mol. The van der Waals surface area contributed by atoms with E-state index in [1.807, 2.05) is 22.9 Å². The molecule has 0 bridgehead atoms. The van der Waals surface area contributed by atoms with Crippen LogP contribution in [0.1, 0.15) is 19.4 Å². The molecular weight excluding hydrogens is 250 g/mol. The highest BCUT2D eigenvalue weighted by atomic mass is 15.3. The second-order valence-corrected chi connectivity index (χ2v) is 5.22. The van der Waals surface area contributed by atoms with E-state index in [1.54, 1.807) is 12.3 Å². The fraction of sp³-hybridized carbons (Fsp3) is 0.267. The minimum Gasteiger partial charge on any atom is -0.337 e. The second kappa shape index (κ2) is 4.82. The van der Waals surface area contributed by atoms with Crippen LogP contribution >= 0.6 is 0 Å². The number of aromatic nitrogens is 4. The number of nitriles is 1. The topological polar surface area (TPSA) is 70.3 Å². The quantitative estimate of drug-likeness (QED) is 0.791. The summed E-state index contributed by atoms with van der Waals surface area (Å²) in [5.74, 6) is 1.30. The van der Waals surface area contributed by atoms with E-state index in [1.165, 1.54) is 0 Å². The van der Waals surface area contributed by atoms with Crippen LogP contribution in [0.15, 0.2) is 30.5 Å². The van der Waals surface area contributed by atoms with Gasteiger partial charge in [0.15, 0.2) is 5.82 Å². The van der Waals surface area contributed by atoms with Gasteiger partial charge in [0, 0.05) is 12.7 Å². The van der Waals surface area contributed by atoms with E-state index in [4.69, 9.17) is 5.26 Å². The number of benzene rings is 1. The van der Waals surface area contributed by atoms with Gasteiger partial charge in [-0.15, -0.1) is 0 Å². The van der Waals surface area contributed by atoms with Crippen molar-refractivity contribution in [3.05, 3.63) is 36.0 Å². The van der Waals surface area contributed by atoms with E-state index in [0.29, 0.717) is 11.5 Å². The number of H-pyrrole nitrogens is 1. The fourth-order valence-electron chi connectivity index (χ4n) is 2.23. The Kier molecular flexibility index (Phi) is 2.99. The third kappa shape index (κ3) is 2.16. The fourth-order valence-corrected chi connectivity index (χ4v) is 2.23. The highest BCUT2D eigenvalue weighted by Gasteiger charge is 2.11. The Hall–Kier alpha value is -2.61. The van der Waals surface area contributed by atoms with Gasteiger partial charge < -0.3 is 4.98 Å². The summed E-state index contributed by atoms with van der Waals surface area (Å²) >= 11 is 0. The summed E-state index contributed by atoms with van der Waals surface area (Å²) in [5, 5.41) is 13.3. The third-order valence-corrected chi connectivity index (χ3v) is 3.11. The first-order valence-corrected chi connectivity index (χ1v) is 6.59. The molecule has 3 aromatic rings. The van der Waals surface area contributed by atoms with Gasteiger partial charge in [0.25, 0.3) is 0 Å². The number of hydrogen-bond donors (Lipinski definition) is 1. The van der Waals surface area contributed by atoms with Crippen LogP contribution in [0.25, 0.3) is 22.6 Å². The van der Waals surface area contributed by atoms with E-state index in [2.05, 4.69) is 35.0 Å². The van der Waals surface area contributed by atoms with E-state index in [9.17, 15) is 0 Å². The van der Waals surface area contributed by atoms with E-state index < -0.39 is 0 Å². The number of nitrogens with zero attached hydrogens (tertiary/aromatic N) is 4. The number of aromatic amines is 1. The Bertz CT molecular complexity index is 788. The molecule has 0 spiro atoms. The summed E-state index contributed by atoms with van der Waals surface area (Å²) in [7, 11) is 0. The van der Waals surface area contributed by atoms with Gasteiger partial charge in [0.2, 0.25) is 0 Å². The predicted molar refractivity (Wildman–Crippen MR) is 76.9 cm³/mol. The van der Waals surface area contributed by atoms with Gasteiger partial charge in [-0.25, -0.2) is 4.98 Å². The molecule has 20 heavy (non-hydrogen) atoms. The second-order valence-electron chi connectivity index (χ2n) is 5.22. The van der Waals surface area contributed by atoms with Gasteiger partial charge in [0.05, 0.1) is 22.7 Å². The highest BCUT2D eigenvalue weighted by Crippen LogP contribution is 2.21. The van der Waals surface area contributed by atoms with E-state index in [0.717, 1.165) is 29.1 Å². The summed E-state index contributed by atoms with van der Waals surface area (Å²) in [6.07, 6.45) is 1.78. The molecule has 3 rings (SSSR count). The standard InChI is InChI=1S/C15H15N5/c1-10(2)9-20-14(5-6-17-20)15-18-12-4-3-11(8-16)7-13(12)19-15/h3-7,10H,9H2,1-2H3,(H,18,19). The lowest BCUT2D eigenvalue weighted by atomic mass is 10.2. The third-order valence-electron chi connectivity index (χ3n) is 3.11. The molecule has 0 unspecified atom stereocenters. The molecule has 5 nitrogen and oxygen atoms in total. The van der Waals surface area contributed by atoms with Crippen LogP contribution in [0, 0.1) is 17.2 Å². The summed E-state index contributed by atoms with van der Waals surface area (Å²) < 4.78 is 1.95. The summed E-state index contributed by atoms with van der Waals surface area (Å²) in [6.45, 7) is 5.16. The molecule has 1 aromatic carbocycles. The van der Waals surface area contributed by atoms with Crippen molar-refractivity contribution in [1.29, 1.82) is 5.26 Å². The SMILES string of the molecule is CC(C)Cn1nccc1-c1nc2ccc(C#N)cc2[nH]1. The first kappa shape index (κ1) is 12.4. The van der Waals surface area contributed by atoms with E-state index in [-0.39, 0.29) is 0 Å². The Morgan fingerprint density at radius 2 is 2.20 bits per heavy atom. The van der Waals surface area contributed by atoms with E-state index >= 15 is 0 Å². The molecule has 2 heterocycles. The maximum Gasteiger partial charge on any atom is 0.156 e. The van der Waals surface area contributed by atoms with Crippen molar-refractivity contribution in [2.24, 2.45) is 5.92 Å². The van der Waals surface area contributed by atoms with Crippen LogP contribution in [-0.2, 0) is 6.54 Å². The zero-order valence-corrected chi connectivity index (χ0v) is 11.5. The maximum atomic E-state index is 8.93. The van der Waals surface area contributed by atoms with Crippen molar-refractivity contribution in [2.75, 3.05) is 0 Å². The number of hydrogen-bond acceptors (Lipinski definition) is 3. The van der Waals surface area contributed by atoms with Crippen molar-refractivity contribution in [3.63, 3.8) is 0 Å². The maximum absolute atomic E-state index is 8.93. The van der Waals surface area contributed by atoms with Gasteiger partial charge >= 0.3 is 0 Å². The Labute approximate surface area is 116 Å². The minimum atomic E-state index is 0.517. The van der Waals surface area contributed by atoms with Gasteiger partial charge in [0.1, 0.15) is 5.69 Å². The molecule has 100 valence electrons. The zero-order chi connectivity index (χ0) is 14.1. The molecule has 0 fully saturated rings. The lowest BCUT2D eigenvalue weighted by Crippen LogP contribution is -2.07. The molecule has 0 aliphatic rings. The molecule has 0 saturated heterocycles. The lowest BCUT2D eigenvalue weighted by Gasteiger charge is -2.07. The smallest absolute Gasteiger partial charge is 0.156 e. The molecule has 0 aliphatic carbocycles. The van der Waals surface area contributed by atoms with Crippen LogP contribution in [0.4, 0.5) is 0 Å². The molecule has 5 heteroatoms. The van der Waals surface area contributed by atoms with Crippen molar-refractivity contribution in [1.82, 2.24) is 19.7 Å². The first-order chi connectivity index (χ1) is 9.67. The summed E-state index contributed by atoms with van der Waals surface area (Å²) in [6, 6.07) is 9.53. The van der Waals surface area contributed by atoms with Gasteiger partial charge in [-0.3, -0.25) is 4.68 Å². The van der Waals surface area contributed by atoms with Crippen LogP contribution in [0.5, 0.6) is 0 Å². The highest BCUT2D eigenvalue weighted by molar-refractivity contribution is 5.80. The Balaban J connectivity index is 2.07. The summed E-state index contributed by atoms with van der Waals surface area (Å²) in [4.78, 5) is 7.84. The summed E-state index contributed by atoms with van der Waals surface area (Å²) in [5.41, 5.74) is 3.32. The molecule has 0 amide bonds. The molecule has 0 radical (unpaired) electrons. The first-order valence-electron chi connectivity index (χ1n) is 6.59. The Morgan fingerprint density at radius 3 is 2.95 bits per heavy atom. The van der Waals surface area contributed by atoms with Crippen molar-refractivity contribution < 1.29 is 0 Å². The van der Waals surface area contributed by atoms with Crippen LogP contribution in [-0.4, -0.2) is 19.7 Å². The molecule has 2 aromatic heterocycles. The number of fused-ring (bicyclic) bond motifs is 1. The van der Waals surface area contributed by atoms with Crippen LogP contribution in [0.2, 0.25) is 0 Å². The molecular formula is C15H15N5. The number of imidazole rings is 1. The average Bonchev–Trinajstić information content (AvgIpc) is 3.02. The Morgan fingerprint density at radius 1 is 1.35 bits per heavy atom. The molecule has 1 N–H and O–H groups in total. The van der Waals surface area contributed by atoms with Crippen molar-refractivity contribution >= 4 is 11.0 Å². The normalized spacial score (nSPS) is 11.1. The average molecular weight is 265 g/mol. The molecule has 0 aliphatic heterocycles. The largest absolute Gasteiger partial charge is 0.337 e. The van der Waals surface area contributed by atoms with Crippen molar-refractivity contribution in [3.8, 4) is 17.6 Å².